The van der Waals surface area contributed by atoms with E-state index in [-0.39, 0.29) is 6.29 Å². The van der Waals surface area contributed by atoms with Crippen molar-refractivity contribution in [1.29, 1.82) is 0 Å². The third-order valence-corrected chi connectivity index (χ3v) is 9.85. The second-order valence-electron chi connectivity index (χ2n) is 10.9. The van der Waals surface area contributed by atoms with E-state index in [1.165, 1.54) is 51.4 Å². The Morgan fingerprint density at radius 3 is 2.59 bits per heavy atom. The summed E-state index contributed by atoms with van der Waals surface area (Å²) in [7, 11) is 0. The highest BCUT2D eigenvalue weighted by Crippen LogP contribution is 2.66. The van der Waals surface area contributed by atoms with Crippen molar-refractivity contribution in [2.45, 2.75) is 103 Å². The predicted octanol–water partition coefficient (Wildman–Crippen LogP) is 5.51. The molecular weight excluding hydrogens is 336 g/mol. The summed E-state index contributed by atoms with van der Waals surface area (Å²) in [6.45, 7) is 5.95. The number of ether oxygens (including phenoxy) is 2. The third kappa shape index (κ3) is 2.94. The minimum absolute atomic E-state index is 0.0506. The summed E-state index contributed by atoms with van der Waals surface area (Å²) >= 11 is 0. The summed E-state index contributed by atoms with van der Waals surface area (Å²) in [5.74, 6) is 3.71. The van der Waals surface area contributed by atoms with E-state index in [4.69, 9.17) is 9.47 Å². The van der Waals surface area contributed by atoms with Crippen molar-refractivity contribution < 1.29 is 14.3 Å². The summed E-state index contributed by atoms with van der Waals surface area (Å²) in [5, 5.41) is 0. The molecule has 27 heavy (non-hydrogen) atoms. The van der Waals surface area contributed by atoms with Gasteiger partial charge in [0.1, 0.15) is 5.78 Å². The highest BCUT2D eigenvalue weighted by molar-refractivity contribution is 5.79. The summed E-state index contributed by atoms with van der Waals surface area (Å²) in [6.07, 6.45) is 14.7. The first-order valence-electron chi connectivity index (χ1n) is 11.8. The van der Waals surface area contributed by atoms with Crippen molar-refractivity contribution in [2.75, 3.05) is 6.61 Å². The average molecular weight is 375 g/mol. The molecule has 4 saturated carbocycles. The van der Waals surface area contributed by atoms with Gasteiger partial charge in [-0.2, -0.15) is 0 Å². The Morgan fingerprint density at radius 1 is 0.926 bits per heavy atom. The molecular formula is C24H38O3. The number of carbonyl (C=O) groups is 1. The van der Waals surface area contributed by atoms with Gasteiger partial charge in [-0.3, -0.25) is 4.79 Å². The van der Waals surface area contributed by atoms with Gasteiger partial charge in [-0.15, -0.1) is 0 Å². The Morgan fingerprint density at radius 2 is 1.78 bits per heavy atom. The Hall–Kier alpha value is -0.410. The van der Waals surface area contributed by atoms with E-state index in [1.807, 2.05) is 0 Å². The zero-order valence-corrected chi connectivity index (χ0v) is 17.4. The van der Waals surface area contributed by atoms with E-state index in [1.54, 1.807) is 0 Å². The van der Waals surface area contributed by atoms with Crippen LogP contribution in [0.3, 0.4) is 0 Å². The number of fused-ring (bicyclic) bond motifs is 5. The van der Waals surface area contributed by atoms with Gasteiger partial charge in [0, 0.05) is 19.4 Å². The van der Waals surface area contributed by atoms with Crippen molar-refractivity contribution >= 4 is 5.78 Å². The lowest BCUT2D eigenvalue weighted by Gasteiger charge is -2.60. The van der Waals surface area contributed by atoms with Crippen LogP contribution in [0.15, 0.2) is 0 Å². The highest BCUT2D eigenvalue weighted by atomic mass is 16.7. The summed E-state index contributed by atoms with van der Waals surface area (Å²) in [6, 6.07) is 0. The highest BCUT2D eigenvalue weighted by Gasteiger charge is 2.60. The molecule has 0 amide bonds. The first-order chi connectivity index (χ1) is 13.0. The molecule has 5 rings (SSSR count). The van der Waals surface area contributed by atoms with Gasteiger partial charge in [-0.25, -0.2) is 0 Å². The quantitative estimate of drug-likeness (QED) is 0.639. The van der Waals surface area contributed by atoms with E-state index in [0.717, 1.165) is 50.0 Å². The Bertz CT molecular complexity index is 582. The largest absolute Gasteiger partial charge is 0.353 e. The van der Waals surface area contributed by atoms with Gasteiger partial charge in [0.15, 0.2) is 6.29 Å². The maximum atomic E-state index is 12.1. The summed E-state index contributed by atoms with van der Waals surface area (Å²) in [5.41, 5.74) is 0.763. The Labute approximate surface area is 164 Å². The molecule has 3 heteroatoms. The van der Waals surface area contributed by atoms with Gasteiger partial charge in [-0.05, 0) is 98.7 Å². The van der Waals surface area contributed by atoms with Crippen LogP contribution in [0.25, 0.3) is 0 Å². The monoisotopic (exact) mass is 374 g/mol. The van der Waals surface area contributed by atoms with E-state index in [2.05, 4.69) is 13.8 Å². The zero-order chi connectivity index (χ0) is 18.6. The number of hydrogen-bond acceptors (Lipinski definition) is 3. The maximum Gasteiger partial charge on any atom is 0.157 e. The maximum absolute atomic E-state index is 12.1. The molecule has 0 spiro atoms. The van der Waals surface area contributed by atoms with Crippen LogP contribution in [-0.2, 0) is 14.3 Å². The molecule has 8 atom stereocenters. The van der Waals surface area contributed by atoms with E-state index >= 15 is 0 Å². The second kappa shape index (κ2) is 6.83. The molecule has 5 fully saturated rings. The molecule has 4 aliphatic carbocycles. The standard InChI is InChI=1S/C24H38O3/c1-23-12-10-17(25)15-16(23)6-7-18-19-8-9-21(24(19,2)13-11-20(18)23)27-22-5-3-4-14-26-22/h16,18-22H,3-15H2,1-2H3/t16-,18+,19+,20+,21+,22+,23-,24-/m0/s1. The smallest absolute Gasteiger partial charge is 0.157 e. The molecule has 0 bridgehead atoms. The lowest BCUT2D eigenvalue weighted by Crippen LogP contribution is -2.54. The van der Waals surface area contributed by atoms with E-state index < -0.39 is 0 Å². The van der Waals surface area contributed by atoms with Gasteiger partial charge in [0.2, 0.25) is 0 Å². The first-order valence-corrected chi connectivity index (χ1v) is 11.8. The topological polar surface area (TPSA) is 35.5 Å². The van der Waals surface area contributed by atoms with Gasteiger partial charge in [-0.1, -0.05) is 13.8 Å². The molecule has 0 aromatic carbocycles. The van der Waals surface area contributed by atoms with Crippen molar-refractivity contribution in [3.8, 4) is 0 Å². The van der Waals surface area contributed by atoms with Crippen LogP contribution >= 0.6 is 0 Å². The molecule has 0 unspecified atom stereocenters. The zero-order valence-electron chi connectivity index (χ0n) is 17.4. The van der Waals surface area contributed by atoms with Gasteiger partial charge >= 0.3 is 0 Å². The fourth-order valence-electron chi connectivity index (χ4n) is 8.22. The average Bonchev–Trinajstić information content (AvgIpc) is 3.00. The van der Waals surface area contributed by atoms with Crippen molar-refractivity contribution in [3.63, 3.8) is 0 Å². The lowest BCUT2D eigenvalue weighted by atomic mass is 9.45. The number of Topliss-reactive ketones (excluding diaryl/α,β-unsaturated/α-hetero) is 1. The normalized spacial score (nSPS) is 52.7. The molecule has 3 nitrogen and oxygen atoms in total. The predicted molar refractivity (Wildman–Crippen MR) is 105 cm³/mol. The number of ketones is 1. The second-order valence-corrected chi connectivity index (χ2v) is 10.9. The molecule has 1 saturated heterocycles. The lowest BCUT2D eigenvalue weighted by molar-refractivity contribution is -0.218. The molecule has 0 aromatic rings. The van der Waals surface area contributed by atoms with Gasteiger partial charge in [0.05, 0.1) is 6.10 Å². The molecule has 1 heterocycles. The molecule has 1 aliphatic heterocycles. The van der Waals surface area contributed by atoms with E-state index in [0.29, 0.717) is 28.6 Å². The fourth-order valence-corrected chi connectivity index (χ4v) is 8.22. The van der Waals surface area contributed by atoms with Crippen LogP contribution in [0.2, 0.25) is 0 Å². The Kier molecular flexibility index (Phi) is 4.71. The van der Waals surface area contributed by atoms with Crippen molar-refractivity contribution in [3.05, 3.63) is 0 Å². The molecule has 0 radical (unpaired) electrons. The fraction of sp³-hybridized carbons (Fsp3) is 0.958. The molecule has 152 valence electrons. The first kappa shape index (κ1) is 18.6. The van der Waals surface area contributed by atoms with Crippen LogP contribution < -0.4 is 0 Å². The SMILES string of the molecule is C[C@]12CCC(=O)C[C@@H]1CC[C@H]1[C@H]2CC[C@@]2(C)[C@@H]1CC[C@H]2O[C@@H]1CCCCO1. The number of hydrogen-bond donors (Lipinski definition) is 0. The van der Waals surface area contributed by atoms with Crippen molar-refractivity contribution in [1.82, 2.24) is 0 Å². The Balaban J connectivity index is 1.33. The van der Waals surface area contributed by atoms with Gasteiger partial charge < -0.3 is 9.47 Å². The van der Waals surface area contributed by atoms with Crippen LogP contribution in [-0.4, -0.2) is 24.8 Å². The number of carbonyl (C=O) groups excluding carboxylic acids is 1. The number of rotatable bonds is 2. The third-order valence-electron chi connectivity index (χ3n) is 9.85. The summed E-state index contributed by atoms with van der Waals surface area (Å²) in [4.78, 5) is 12.1. The minimum atomic E-state index is 0.0506. The van der Waals surface area contributed by atoms with Crippen LogP contribution in [0.5, 0.6) is 0 Å². The molecule has 0 aromatic heterocycles. The van der Waals surface area contributed by atoms with Crippen molar-refractivity contribution in [2.24, 2.45) is 34.5 Å². The minimum Gasteiger partial charge on any atom is -0.353 e. The van der Waals surface area contributed by atoms with Crippen LogP contribution in [0.4, 0.5) is 0 Å². The van der Waals surface area contributed by atoms with Crippen LogP contribution in [0.1, 0.15) is 90.9 Å². The summed E-state index contributed by atoms with van der Waals surface area (Å²) < 4.78 is 12.5. The van der Waals surface area contributed by atoms with Crippen LogP contribution in [0, 0.1) is 34.5 Å². The molecule has 5 aliphatic rings. The van der Waals surface area contributed by atoms with E-state index in [9.17, 15) is 4.79 Å². The van der Waals surface area contributed by atoms with Gasteiger partial charge in [0.25, 0.3) is 0 Å². The molecule has 0 N–H and O–H groups in total.